The molecule has 2 aromatic rings. The van der Waals surface area contributed by atoms with Gasteiger partial charge in [-0.25, -0.2) is 4.39 Å². The van der Waals surface area contributed by atoms with Gasteiger partial charge >= 0.3 is 0 Å². The summed E-state index contributed by atoms with van der Waals surface area (Å²) < 4.78 is 20.1. The Balaban J connectivity index is 1.65. The summed E-state index contributed by atoms with van der Waals surface area (Å²) in [5.74, 6) is -0.685. The maximum absolute atomic E-state index is 14.6. The minimum Gasteiger partial charge on any atom is -0.394 e. The fourth-order valence-corrected chi connectivity index (χ4v) is 4.12. The summed E-state index contributed by atoms with van der Waals surface area (Å²) in [7, 11) is 0. The number of rotatable bonds is 4. The highest BCUT2D eigenvalue weighted by molar-refractivity contribution is 6.31. The molecule has 1 fully saturated rings. The van der Waals surface area contributed by atoms with E-state index in [2.05, 4.69) is 12.1 Å². The van der Waals surface area contributed by atoms with Gasteiger partial charge in [0, 0.05) is 10.6 Å². The molecule has 0 aromatic heterocycles. The van der Waals surface area contributed by atoms with E-state index in [1.54, 1.807) is 0 Å². The van der Waals surface area contributed by atoms with E-state index in [0.29, 0.717) is 12.0 Å². The van der Waals surface area contributed by atoms with E-state index in [1.165, 1.54) is 17.2 Å². The van der Waals surface area contributed by atoms with Gasteiger partial charge in [-0.1, -0.05) is 29.8 Å². The third kappa shape index (κ3) is 3.45. The molecule has 0 unspecified atom stereocenters. The minimum absolute atomic E-state index is 0.0280. The highest BCUT2D eigenvalue weighted by Gasteiger charge is 2.44. The fraction of sp³-hybridized carbons (Fsp3) is 0.429. The zero-order valence-corrected chi connectivity index (χ0v) is 15.8. The number of hydrogen-bond donors (Lipinski definition) is 4. The van der Waals surface area contributed by atoms with E-state index < -0.39 is 42.9 Å². The van der Waals surface area contributed by atoms with Gasteiger partial charge in [0.05, 0.1) is 6.61 Å². The SMILES string of the molecule is OC[C@H]1O[C@@H](c2cc(Cc3ccc4c(c3)CC4)c(Cl)cc2F)[C@H](O)[C@@H](O)[C@@H]1O. The zero-order valence-electron chi connectivity index (χ0n) is 15.1. The quantitative estimate of drug-likeness (QED) is 0.618. The molecular formula is C21H22ClFO5. The van der Waals surface area contributed by atoms with E-state index in [9.17, 15) is 24.8 Å². The summed E-state index contributed by atoms with van der Waals surface area (Å²) >= 11 is 6.25. The summed E-state index contributed by atoms with van der Waals surface area (Å²) in [6.45, 7) is -0.571. The van der Waals surface area contributed by atoms with Crippen molar-refractivity contribution in [1.29, 1.82) is 0 Å². The number of hydrogen-bond acceptors (Lipinski definition) is 5. The topological polar surface area (TPSA) is 90.2 Å². The molecule has 0 saturated carbocycles. The first-order valence-corrected chi connectivity index (χ1v) is 9.66. The molecule has 28 heavy (non-hydrogen) atoms. The summed E-state index contributed by atoms with van der Waals surface area (Å²) in [4.78, 5) is 0. The molecular weight excluding hydrogens is 387 g/mol. The summed E-state index contributed by atoms with van der Waals surface area (Å²) in [6.07, 6.45) is -4.31. The standard InChI is InChI=1S/C21H22ClFO5/c22-15-8-16(23)14(21-20(27)19(26)18(25)17(9-24)28-21)7-13(15)6-10-1-2-11-3-4-12(11)5-10/h1-2,5,7-8,17-21,24-27H,3-4,6,9H2/t17-,18-,19+,20-,21+/m1/s1. The Morgan fingerprint density at radius 1 is 1.00 bits per heavy atom. The molecule has 1 aliphatic carbocycles. The lowest BCUT2D eigenvalue weighted by molar-refractivity contribution is -0.232. The first kappa shape index (κ1) is 19.8. The second-order valence-electron chi connectivity index (χ2n) is 7.49. The van der Waals surface area contributed by atoms with E-state index >= 15 is 0 Å². The second-order valence-corrected chi connectivity index (χ2v) is 7.90. The Labute approximate surface area is 167 Å². The van der Waals surface area contributed by atoms with Crippen LogP contribution >= 0.6 is 11.6 Å². The summed E-state index contributed by atoms with van der Waals surface area (Å²) in [6, 6.07) is 8.90. The number of benzene rings is 2. The van der Waals surface area contributed by atoms with Crippen molar-refractivity contribution in [2.45, 2.75) is 49.8 Å². The molecule has 0 amide bonds. The van der Waals surface area contributed by atoms with E-state index in [-0.39, 0.29) is 10.6 Å². The number of aliphatic hydroxyl groups is 4. The fourth-order valence-electron chi connectivity index (χ4n) is 3.90. The molecule has 1 aliphatic heterocycles. The van der Waals surface area contributed by atoms with Crippen LogP contribution in [0.15, 0.2) is 30.3 Å². The molecule has 4 rings (SSSR count). The van der Waals surface area contributed by atoms with Crippen LogP contribution < -0.4 is 0 Å². The van der Waals surface area contributed by atoms with Gasteiger partial charge in [-0.15, -0.1) is 0 Å². The van der Waals surface area contributed by atoms with Gasteiger partial charge in [0.2, 0.25) is 0 Å². The van der Waals surface area contributed by atoms with Gasteiger partial charge in [-0.3, -0.25) is 0 Å². The summed E-state index contributed by atoms with van der Waals surface area (Å²) in [5.41, 5.74) is 4.39. The molecule has 0 bridgehead atoms. The molecule has 0 spiro atoms. The number of halogens is 2. The Kier molecular flexibility index (Phi) is 5.44. The lowest BCUT2D eigenvalue weighted by atomic mass is 9.86. The number of aryl methyl sites for hydroxylation is 2. The molecule has 2 aromatic carbocycles. The molecule has 5 nitrogen and oxygen atoms in total. The van der Waals surface area contributed by atoms with Crippen molar-refractivity contribution >= 4 is 11.6 Å². The van der Waals surface area contributed by atoms with Crippen molar-refractivity contribution in [2.75, 3.05) is 6.61 Å². The van der Waals surface area contributed by atoms with Gasteiger partial charge in [0.15, 0.2) is 0 Å². The molecule has 2 aliphatic rings. The van der Waals surface area contributed by atoms with Gasteiger partial charge in [-0.05, 0) is 53.6 Å². The molecule has 7 heteroatoms. The molecule has 4 N–H and O–H groups in total. The van der Waals surface area contributed by atoms with Crippen LogP contribution in [0.5, 0.6) is 0 Å². The molecule has 1 heterocycles. The van der Waals surface area contributed by atoms with Crippen molar-refractivity contribution < 1.29 is 29.6 Å². The van der Waals surface area contributed by atoms with E-state index in [4.69, 9.17) is 16.3 Å². The Morgan fingerprint density at radius 3 is 2.39 bits per heavy atom. The van der Waals surface area contributed by atoms with Gasteiger partial charge in [-0.2, -0.15) is 0 Å². The average molecular weight is 409 g/mol. The van der Waals surface area contributed by atoms with Crippen LogP contribution in [0.2, 0.25) is 5.02 Å². The monoisotopic (exact) mass is 408 g/mol. The van der Waals surface area contributed by atoms with Crippen LogP contribution in [0.1, 0.15) is 33.9 Å². The largest absolute Gasteiger partial charge is 0.394 e. The Bertz CT molecular complexity index is 887. The third-order valence-corrected chi connectivity index (χ3v) is 6.05. The highest BCUT2D eigenvalue weighted by atomic mass is 35.5. The van der Waals surface area contributed by atoms with E-state index in [0.717, 1.165) is 24.5 Å². The zero-order chi connectivity index (χ0) is 20.0. The Morgan fingerprint density at radius 2 is 1.75 bits per heavy atom. The van der Waals surface area contributed by atoms with Crippen molar-refractivity contribution in [3.05, 3.63) is 69.0 Å². The van der Waals surface area contributed by atoms with Gasteiger partial charge in [0.1, 0.15) is 36.3 Å². The van der Waals surface area contributed by atoms with Crippen LogP contribution in [0.3, 0.4) is 0 Å². The first-order chi connectivity index (χ1) is 13.4. The van der Waals surface area contributed by atoms with Gasteiger partial charge in [0.25, 0.3) is 0 Å². The maximum atomic E-state index is 14.6. The van der Waals surface area contributed by atoms with Crippen LogP contribution in [-0.2, 0) is 24.0 Å². The maximum Gasteiger partial charge on any atom is 0.130 e. The summed E-state index contributed by atoms with van der Waals surface area (Å²) in [5, 5.41) is 39.9. The molecule has 150 valence electrons. The predicted molar refractivity (Wildman–Crippen MR) is 101 cm³/mol. The average Bonchev–Trinajstić information content (AvgIpc) is 2.65. The molecule has 5 atom stereocenters. The predicted octanol–water partition coefficient (Wildman–Crippen LogP) is 1.68. The van der Waals surface area contributed by atoms with Crippen molar-refractivity contribution in [2.24, 2.45) is 0 Å². The number of aliphatic hydroxyl groups excluding tert-OH is 4. The minimum atomic E-state index is -1.57. The lowest BCUT2D eigenvalue weighted by Gasteiger charge is -2.40. The smallest absolute Gasteiger partial charge is 0.130 e. The molecule has 1 saturated heterocycles. The normalized spacial score (nSPS) is 29.3. The lowest BCUT2D eigenvalue weighted by Crippen LogP contribution is -2.55. The molecule has 0 radical (unpaired) electrons. The van der Waals surface area contributed by atoms with Crippen LogP contribution in [0.4, 0.5) is 4.39 Å². The van der Waals surface area contributed by atoms with Crippen molar-refractivity contribution in [1.82, 2.24) is 0 Å². The van der Waals surface area contributed by atoms with Crippen molar-refractivity contribution in [3.63, 3.8) is 0 Å². The Hall–Kier alpha value is -1.54. The first-order valence-electron chi connectivity index (χ1n) is 9.28. The van der Waals surface area contributed by atoms with Crippen LogP contribution in [-0.4, -0.2) is 51.4 Å². The number of ether oxygens (including phenoxy) is 1. The van der Waals surface area contributed by atoms with Crippen molar-refractivity contribution in [3.8, 4) is 0 Å². The second kappa shape index (κ2) is 7.71. The highest BCUT2D eigenvalue weighted by Crippen LogP contribution is 2.36. The van der Waals surface area contributed by atoms with Crippen LogP contribution in [0, 0.1) is 5.82 Å². The van der Waals surface area contributed by atoms with Crippen LogP contribution in [0.25, 0.3) is 0 Å². The van der Waals surface area contributed by atoms with Gasteiger partial charge < -0.3 is 25.2 Å². The number of fused-ring (bicyclic) bond motifs is 1. The third-order valence-electron chi connectivity index (χ3n) is 5.69. The van der Waals surface area contributed by atoms with E-state index in [1.807, 2.05) is 6.07 Å².